The summed E-state index contributed by atoms with van der Waals surface area (Å²) in [4.78, 5) is 25.8. The van der Waals surface area contributed by atoms with Gasteiger partial charge < -0.3 is 0 Å². The van der Waals surface area contributed by atoms with Gasteiger partial charge in [0.05, 0.1) is 11.6 Å². The number of rotatable bonds is 3. The van der Waals surface area contributed by atoms with Crippen LogP contribution in [0.15, 0.2) is 64.2 Å². The second kappa shape index (κ2) is 6.70. The van der Waals surface area contributed by atoms with E-state index in [0.29, 0.717) is 39.9 Å². The normalized spacial score (nSPS) is 11.6. The van der Waals surface area contributed by atoms with Gasteiger partial charge in [0.2, 0.25) is 5.78 Å². The van der Waals surface area contributed by atoms with Crippen molar-refractivity contribution >= 4 is 28.5 Å². The van der Waals surface area contributed by atoms with Gasteiger partial charge in [-0.25, -0.2) is 9.20 Å². The first-order valence-electron chi connectivity index (χ1n) is 9.31. The lowest BCUT2D eigenvalue weighted by Gasteiger charge is -2.08. The zero-order valence-corrected chi connectivity index (χ0v) is 17.0. The van der Waals surface area contributed by atoms with Crippen LogP contribution in [0.25, 0.3) is 28.3 Å². The van der Waals surface area contributed by atoms with Crippen LogP contribution in [-0.2, 0) is 20.6 Å². The van der Waals surface area contributed by atoms with Gasteiger partial charge in [-0.2, -0.15) is 0 Å². The van der Waals surface area contributed by atoms with Crippen LogP contribution in [0.5, 0.6) is 0 Å². The number of fused-ring (bicyclic) bond motifs is 3. The Morgan fingerprint density at radius 2 is 1.60 bits per heavy atom. The predicted octanol–water partition coefficient (Wildman–Crippen LogP) is 2.45. The van der Waals surface area contributed by atoms with Crippen LogP contribution >= 0.6 is 11.6 Å². The van der Waals surface area contributed by atoms with Gasteiger partial charge in [-0.1, -0.05) is 54.1 Å². The van der Waals surface area contributed by atoms with E-state index in [0.717, 1.165) is 10.1 Å². The van der Waals surface area contributed by atoms with Gasteiger partial charge in [-0.15, -0.1) is 10.2 Å². The van der Waals surface area contributed by atoms with Crippen molar-refractivity contribution in [3.05, 3.63) is 86.0 Å². The molecule has 8 nitrogen and oxygen atoms in total. The minimum Gasteiger partial charge on any atom is -0.298 e. The fourth-order valence-corrected chi connectivity index (χ4v) is 4.01. The second-order valence-electron chi connectivity index (χ2n) is 7.09. The summed E-state index contributed by atoms with van der Waals surface area (Å²) in [5.74, 6) is 0.928. The van der Waals surface area contributed by atoms with Crippen LogP contribution in [0.3, 0.4) is 0 Å². The van der Waals surface area contributed by atoms with Crippen LogP contribution < -0.4 is 11.2 Å². The number of nitrogens with zero attached hydrogens (tertiary/aromatic N) is 6. The Bertz CT molecular complexity index is 1540. The third kappa shape index (κ3) is 2.54. The molecule has 0 atom stereocenters. The molecule has 3 heterocycles. The molecule has 0 aliphatic rings. The molecule has 5 aromatic rings. The van der Waals surface area contributed by atoms with E-state index >= 15 is 0 Å². The topological polar surface area (TPSA) is 79.1 Å². The van der Waals surface area contributed by atoms with Gasteiger partial charge in [-0.05, 0) is 17.7 Å². The van der Waals surface area contributed by atoms with Gasteiger partial charge in [0.25, 0.3) is 5.56 Å². The number of imidazole rings is 1. The van der Waals surface area contributed by atoms with E-state index in [1.165, 1.54) is 11.6 Å². The highest BCUT2D eigenvalue weighted by Crippen LogP contribution is 2.29. The van der Waals surface area contributed by atoms with Crippen molar-refractivity contribution < 1.29 is 0 Å². The number of hydrogen-bond acceptors (Lipinski definition) is 4. The predicted molar refractivity (Wildman–Crippen MR) is 115 cm³/mol. The zero-order valence-electron chi connectivity index (χ0n) is 16.3. The molecule has 3 aromatic heterocycles. The maximum atomic E-state index is 13.1. The summed E-state index contributed by atoms with van der Waals surface area (Å²) in [6, 6.07) is 17.0. The van der Waals surface area contributed by atoms with Crippen LogP contribution in [0.1, 0.15) is 5.56 Å². The molecule has 0 N–H and O–H groups in total. The summed E-state index contributed by atoms with van der Waals surface area (Å²) in [7, 11) is 3.10. The highest BCUT2D eigenvalue weighted by molar-refractivity contribution is 6.33. The fraction of sp³-hybridized carbons (Fsp3) is 0.143. The largest absolute Gasteiger partial charge is 0.332 e. The van der Waals surface area contributed by atoms with E-state index < -0.39 is 5.69 Å². The average molecular weight is 421 g/mol. The van der Waals surface area contributed by atoms with E-state index in [-0.39, 0.29) is 5.56 Å². The maximum Gasteiger partial charge on any atom is 0.332 e. The summed E-state index contributed by atoms with van der Waals surface area (Å²) in [5, 5.41) is 9.21. The highest BCUT2D eigenvalue weighted by Gasteiger charge is 2.24. The second-order valence-corrected chi connectivity index (χ2v) is 7.50. The molecule has 0 aliphatic carbocycles. The first-order valence-corrected chi connectivity index (χ1v) is 9.69. The Kier molecular flexibility index (Phi) is 4.11. The van der Waals surface area contributed by atoms with Gasteiger partial charge in [0, 0.05) is 19.7 Å². The molecule has 150 valence electrons. The lowest BCUT2D eigenvalue weighted by Crippen LogP contribution is -2.37. The molecule has 0 spiro atoms. The Balaban J connectivity index is 1.95. The third-order valence-electron chi connectivity index (χ3n) is 5.28. The fourth-order valence-electron chi connectivity index (χ4n) is 3.79. The maximum absolute atomic E-state index is 13.1. The molecule has 0 fully saturated rings. The molecule has 30 heavy (non-hydrogen) atoms. The van der Waals surface area contributed by atoms with Crippen molar-refractivity contribution in [3.63, 3.8) is 0 Å². The molecular formula is C21H17ClN6O2. The molecule has 0 bridgehead atoms. The van der Waals surface area contributed by atoms with E-state index in [1.807, 2.05) is 48.5 Å². The number of benzene rings is 2. The molecule has 0 saturated heterocycles. The smallest absolute Gasteiger partial charge is 0.298 e. The van der Waals surface area contributed by atoms with Gasteiger partial charge in [0.1, 0.15) is 0 Å². The first kappa shape index (κ1) is 18.4. The van der Waals surface area contributed by atoms with E-state index in [2.05, 4.69) is 10.2 Å². The summed E-state index contributed by atoms with van der Waals surface area (Å²) in [5.41, 5.74) is 1.65. The van der Waals surface area contributed by atoms with Gasteiger partial charge in [-0.3, -0.25) is 18.5 Å². The third-order valence-corrected chi connectivity index (χ3v) is 5.61. The molecule has 9 heteroatoms. The van der Waals surface area contributed by atoms with Crippen molar-refractivity contribution in [3.8, 4) is 11.4 Å². The summed E-state index contributed by atoms with van der Waals surface area (Å²) in [6.07, 6.45) is 0. The molecule has 2 aromatic carbocycles. The number of aromatic nitrogens is 6. The molecular weight excluding hydrogens is 404 g/mol. The lowest BCUT2D eigenvalue weighted by atomic mass is 10.2. The van der Waals surface area contributed by atoms with E-state index in [1.54, 1.807) is 22.1 Å². The van der Waals surface area contributed by atoms with Gasteiger partial charge in [0.15, 0.2) is 17.0 Å². The van der Waals surface area contributed by atoms with Crippen LogP contribution in [-0.4, -0.2) is 28.3 Å². The number of hydrogen-bond donors (Lipinski definition) is 0. The van der Waals surface area contributed by atoms with Crippen molar-refractivity contribution in [1.29, 1.82) is 0 Å². The minimum atomic E-state index is -0.426. The van der Waals surface area contributed by atoms with Crippen molar-refractivity contribution in [1.82, 2.24) is 28.3 Å². The molecule has 0 amide bonds. The monoisotopic (exact) mass is 420 g/mol. The number of aryl methyl sites for hydroxylation is 1. The Hall–Kier alpha value is -3.65. The molecule has 5 rings (SSSR count). The van der Waals surface area contributed by atoms with Crippen LogP contribution in [0.2, 0.25) is 5.02 Å². The van der Waals surface area contributed by atoms with E-state index in [4.69, 9.17) is 11.6 Å². The molecule has 0 unspecified atom stereocenters. The molecule has 0 aliphatic heterocycles. The summed E-state index contributed by atoms with van der Waals surface area (Å²) in [6.45, 7) is 0.405. The number of halogens is 1. The Labute approximate surface area is 175 Å². The molecule has 0 radical (unpaired) electrons. The quantitative estimate of drug-likeness (QED) is 0.449. The van der Waals surface area contributed by atoms with Gasteiger partial charge >= 0.3 is 5.69 Å². The minimum absolute atomic E-state index is 0.377. The lowest BCUT2D eigenvalue weighted by molar-refractivity contribution is 0.700. The first-order chi connectivity index (χ1) is 14.5. The van der Waals surface area contributed by atoms with Crippen molar-refractivity contribution in [2.75, 3.05) is 0 Å². The van der Waals surface area contributed by atoms with Crippen molar-refractivity contribution in [2.45, 2.75) is 6.54 Å². The summed E-state index contributed by atoms with van der Waals surface area (Å²) < 4.78 is 6.06. The summed E-state index contributed by atoms with van der Waals surface area (Å²) >= 11 is 6.41. The highest BCUT2D eigenvalue weighted by atomic mass is 35.5. The standard InChI is InChI=1S/C21H17ClN6O2/c1-25-18-16(19(29)26(2)21(25)30)27(12-13-8-4-3-5-9-13)20-24-23-17(28(18)20)14-10-6-7-11-15(14)22/h3-11H,12H2,1-2H3. The van der Waals surface area contributed by atoms with Crippen LogP contribution in [0.4, 0.5) is 0 Å². The SMILES string of the molecule is Cn1c(=O)c2c(n(C)c1=O)n1c(-c3ccccc3Cl)nnc1n2Cc1ccccc1. The zero-order chi connectivity index (χ0) is 21.0. The van der Waals surface area contributed by atoms with E-state index in [9.17, 15) is 9.59 Å². The van der Waals surface area contributed by atoms with Crippen LogP contribution in [0, 0.1) is 0 Å². The average Bonchev–Trinajstić information content (AvgIpc) is 3.31. The Morgan fingerprint density at radius 1 is 0.900 bits per heavy atom. The molecule has 0 saturated carbocycles. The van der Waals surface area contributed by atoms with Crippen molar-refractivity contribution in [2.24, 2.45) is 14.1 Å². The Morgan fingerprint density at radius 3 is 2.33 bits per heavy atom.